The van der Waals surface area contributed by atoms with Crippen molar-refractivity contribution >= 4 is 0 Å². The second-order valence-electron chi connectivity index (χ2n) is 4.65. The molecule has 0 bridgehead atoms. The van der Waals surface area contributed by atoms with Gasteiger partial charge < -0.3 is 5.73 Å². The van der Waals surface area contributed by atoms with Gasteiger partial charge in [0.05, 0.1) is 0 Å². The van der Waals surface area contributed by atoms with E-state index >= 15 is 0 Å². The Balaban J connectivity index is 2.36. The predicted molar refractivity (Wildman–Crippen MR) is 56.1 cm³/mol. The summed E-state index contributed by atoms with van der Waals surface area (Å²) in [7, 11) is 0. The maximum absolute atomic E-state index is 13.0. The van der Waals surface area contributed by atoms with Crippen LogP contribution < -0.4 is 5.73 Å². The van der Waals surface area contributed by atoms with Crippen molar-refractivity contribution in [2.45, 2.75) is 31.1 Å². The predicted octanol–water partition coefficient (Wildman–Crippen LogP) is 2.76. The molecule has 1 aromatic rings. The maximum atomic E-state index is 13.0. The lowest BCUT2D eigenvalue weighted by Crippen LogP contribution is -2.54. The molecule has 0 spiro atoms. The quantitative estimate of drug-likeness (QED) is 0.829. The molecule has 2 N–H and O–H groups in total. The van der Waals surface area contributed by atoms with Gasteiger partial charge in [-0.3, -0.25) is 0 Å². The van der Waals surface area contributed by atoms with Gasteiger partial charge in [0, 0.05) is 24.8 Å². The highest BCUT2D eigenvalue weighted by Crippen LogP contribution is 2.53. The zero-order chi connectivity index (χ0) is 12.0. The summed E-state index contributed by atoms with van der Waals surface area (Å²) in [6, 6.07) is 4.24. The first-order valence-corrected chi connectivity index (χ1v) is 5.23. The largest absolute Gasteiger partial charge is 0.330 e. The maximum Gasteiger partial charge on any atom is 0.250 e. The fourth-order valence-electron chi connectivity index (χ4n) is 2.61. The molecule has 16 heavy (non-hydrogen) atoms. The second kappa shape index (κ2) is 3.48. The van der Waals surface area contributed by atoms with Gasteiger partial charge in [-0.05, 0) is 30.2 Å². The van der Waals surface area contributed by atoms with E-state index in [1.807, 2.05) is 0 Å². The topological polar surface area (TPSA) is 26.0 Å². The van der Waals surface area contributed by atoms with Crippen LogP contribution in [0.3, 0.4) is 0 Å². The van der Waals surface area contributed by atoms with Crippen molar-refractivity contribution in [2.24, 2.45) is 5.73 Å². The van der Waals surface area contributed by atoms with Crippen molar-refractivity contribution in [2.75, 3.05) is 6.54 Å². The Bertz CT molecular complexity index is 407. The van der Waals surface area contributed by atoms with Crippen LogP contribution in [0.4, 0.5) is 13.2 Å². The van der Waals surface area contributed by atoms with E-state index in [4.69, 9.17) is 5.73 Å². The lowest BCUT2D eigenvalue weighted by atomic mass is 9.61. The van der Waals surface area contributed by atoms with Gasteiger partial charge in [0.2, 0.25) is 5.92 Å². The average molecular weight is 229 g/mol. The molecule has 1 aliphatic rings. The fraction of sp³-hybridized carbons (Fsp3) is 0.500. The summed E-state index contributed by atoms with van der Waals surface area (Å²) in [6.45, 7) is 1.90. The van der Waals surface area contributed by atoms with Crippen molar-refractivity contribution in [1.29, 1.82) is 0 Å². The Morgan fingerprint density at radius 2 is 1.94 bits per heavy atom. The number of nitrogens with two attached hydrogens (primary N) is 1. The molecule has 4 heteroatoms. The third kappa shape index (κ3) is 1.71. The third-order valence-electron chi connectivity index (χ3n) is 3.34. The van der Waals surface area contributed by atoms with Crippen LogP contribution in [0.1, 0.15) is 24.0 Å². The van der Waals surface area contributed by atoms with E-state index in [-0.39, 0.29) is 25.2 Å². The number of halogens is 3. The molecule has 1 saturated carbocycles. The summed E-state index contributed by atoms with van der Waals surface area (Å²) in [6.07, 6.45) is -0.466. The molecule has 1 fully saturated rings. The third-order valence-corrected chi connectivity index (χ3v) is 3.34. The molecule has 1 aliphatic carbocycles. The first kappa shape index (κ1) is 11.5. The number of hydrogen-bond acceptors (Lipinski definition) is 1. The van der Waals surface area contributed by atoms with Crippen molar-refractivity contribution in [1.82, 2.24) is 0 Å². The molecule has 0 aromatic heterocycles. The molecule has 2 rings (SSSR count). The fourth-order valence-corrected chi connectivity index (χ4v) is 2.61. The standard InChI is InChI=1S/C12H14F3N/c1-8-4-9(13)2-3-10(8)11(7-16)5-12(14,15)6-11/h2-4H,5-7,16H2,1H3. The zero-order valence-electron chi connectivity index (χ0n) is 9.06. The minimum Gasteiger partial charge on any atom is -0.330 e. The lowest BCUT2D eigenvalue weighted by molar-refractivity contribution is -0.123. The molecule has 0 radical (unpaired) electrons. The number of rotatable bonds is 2. The van der Waals surface area contributed by atoms with Gasteiger partial charge in [-0.2, -0.15) is 0 Å². The Morgan fingerprint density at radius 1 is 1.31 bits per heavy atom. The normalized spacial score (nSPS) is 21.6. The van der Waals surface area contributed by atoms with E-state index in [9.17, 15) is 13.2 Å². The molecule has 0 amide bonds. The molecule has 88 valence electrons. The number of aryl methyl sites for hydroxylation is 1. The highest BCUT2D eigenvalue weighted by atomic mass is 19.3. The van der Waals surface area contributed by atoms with Gasteiger partial charge in [0.15, 0.2) is 0 Å². The lowest BCUT2D eigenvalue weighted by Gasteiger charge is -2.47. The molecule has 0 saturated heterocycles. The SMILES string of the molecule is Cc1cc(F)ccc1C1(CN)CC(F)(F)C1. The Morgan fingerprint density at radius 3 is 2.38 bits per heavy atom. The summed E-state index contributed by atoms with van der Waals surface area (Å²) in [5, 5.41) is 0. The summed E-state index contributed by atoms with van der Waals surface area (Å²) < 4.78 is 38.9. The van der Waals surface area contributed by atoms with Crippen LogP contribution in [0.25, 0.3) is 0 Å². The van der Waals surface area contributed by atoms with Crippen LogP contribution in [0.15, 0.2) is 18.2 Å². The van der Waals surface area contributed by atoms with Gasteiger partial charge >= 0.3 is 0 Å². The minimum atomic E-state index is -2.62. The number of alkyl halides is 2. The van der Waals surface area contributed by atoms with E-state index in [1.54, 1.807) is 13.0 Å². The van der Waals surface area contributed by atoms with Crippen molar-refractivity contribution < 1.29 is 13.2 Å². The van der Waals surface area contributed by atoms with Gasteiger partial charge in [0.1, 0.15) is 5.82 Å². The molecule has 0 heterocycles. The van der Waals surface area contributed by atoms with E-state index in [1.165, 1.54) is 12.1 Å². The van der Waals surface area contributed by atoms with Crippen molar-refractivity contribution in [3.63, 3.8) is 0 Å². The molecule has 1 aromatic carbocycles. The first-order valence-electron chi connectivity index (χ1n) is 5.23. The van der Waals surface area contributed by atoms with Gasteiger partial charge in [-0.25, -0.2) is 13.2 Å². The molecule has 0 atom stereocenters. The summed E-state index contributed by atoms with van der Waals surface area (Å²) in [4.78, 5) is 0. The van der Waals surface area contributed by atoms with E-state index in [0.29, 0.717) is 5.56 Å². The van der Waals surface area contributed by atoms with Crippen LogP contribution >= 0.6 is 0 Å². The summed E-state index contributed by atoms with van der Waals surface area (Å²) in [5.74, 6) is -2.97. The second-order valence-corrected chi connectivity index (χ2v) is 4.65. The Hall–Kier alpha value is -1.03. The summed E-state index contributed by atoms with van der Waals surface area (Å²) >= 11 is 0. The van der Waals surface area contributed by atoms with E-state index < -0.39 is 11.3 Å². The zero-order valence-corrected chi connectivity index (χ0v) is 9.06. The average Bonchev–Trinajstić information content (AvgIpc) is 2.13. The van der Waals surface area contributed by atoms with Crippen LogP contribution in [0.5, 0.6) is 0 Å². The monoisotopic (exact) mass is 229 g/mol. The highest BCUT2D eigenvalue weighted by molar-refractivity contribution is 5.37. The molecular weight excluding hydrogens is 215 g/mol. The van der Waals surface area contributed by atoms with Crippen LogP contribution in [-0.4, -0.2) is 12.5 Å². The van der Waals surface area contributed by atoms with Crippen molar-refractivity contribution in [3.8, 4) is 0 Å². The van der Waals surface area contributed by atoms with Gasteiger partial charge in [-0.15, -0.1) is 0 Å². The minimum absolute atomic E-state index is 0.176. The molecule has 0 aliphatic heterocycles. The van der Waals surface area contributed by atoms with Gasteiger partial charge in [0.25, 0.3) is 0 Å². The molecule has 1 nitrogen and oxygen atoms in total. The Labute approximate surface area is 92.5 Å². The van der Waals surface area contributed by atoms with E-state index in [0.717, 1.165) is 5.56 Å². The van der Waals surface area contributed by atoms with E-state index in [2.05, 4.69) is 0 Å². The summed E-state index contributed by atoms with van der Waals surface area (Å²) in [5.41, 5.74) is 6.38. The van der Waals surface area contributed by atoms with Crippen LogP contribution in [0.2, 0.25) is 0 Å². The Kier molecular flexibility index (Phi) is 2.49. The molecule has 0 unspecified atom stereocenters. The highest BCUT2D eigenvalue weighted by Gasteiger charge is 2.56. The first-order chi connectivity index (χ1) is 7.38. The smallest absolute Gasteiger partial charge is 0.250 e. The number of hydrogen-bond donors (Lipinski definition) is 1. The number of benzene rings is 1. The molecular formula is C12H14F3N. The van der Waals surface area contributed by atoms with Crippen LogP contribution in [0, 0.1) is 12.7 Å². The van der Waals surface area contributed by atoms with Crippen LogP contribution in [-0.2, 0) is 5.41 Å². The van der Waals surface area contributed by atoms with Gasteiger partial charge in [-0.1, -0.05) is 6.07 Å². The van der Waals surface area contributed by atoms with Crippen molar-refractivity contribution in [3.05, 3.63) is 35.1 Å².